The maximum atomic E-state index is 10.3. The zero-order valence-electron chi connectivity index (χ0n) is 16.7. The highest BCUT2D eigenvalue weighted by molar-refractivity contribution is 7.12. The first kappa shape index (κ1) is 21.1. The summed E-state index contributed by atoms with van der Waals surface area (Å²) in [6, 6.07) is 7.85. The van der Waals surface area contributed by atoms with Gasteiger partial charge in [-0.1, -0.05) is 35.6 Å². The summed E-state index contributed by atoms with van der Waals surface area (Å²) in [4.78, 5) is 5.71. The number of aliphatic hydroxyl groups is 3. The van der Waals surface area contributed by atoms with Crippen molar-refractivity contribution in [2.24, 2.45) is 12.0 Å². The van der Waals surface area contributed by atoms with Crippen LogP contribution in [0.3, 0.4) is 0 Å². The van der Waals surface area contributed by atoms with E-state index < -0.39 is 11.8 Å². The second kappa shape index (κ2) is 8.84. The summed E-state index contributed by atoms with van der Waals surface area (Å²) in [7, 11) is 1.90. The summed E-state index contributed by atoms with van der Waals surface area (Å²) in [5, 5.41) is 37.8. The van der Waals surface area contributed by atoms with Crippen LogP contribution in [0.15, 0.2) is 29.3 Å². The Morgan fingerprint density at radius 2 is 1.89 bits per heavy atom. The fourth-order valence-corrected chi connectivity index (χ4v) is 4.19. The number of hydrogen-bond acceptors (Lipinski definition) is 7. The molecule has 1 heterocycles. The van der Waals surface area contributed by atoms with Crippen molar-refractivity contribution in [2.75, 3.05) is 6.61 Å². The van der Waals surface area contributed by atoms with Crippen LogP contribution in [-0.4, -0.2) is 49.4 Å². The molecule has 0 radical (unpaired) electrons. The molecule has 28 heavy (non-hydrogen) atoms. The average Bonchev–Trinajstić information content (AvgIpc) is 3.04. The van der Waals surface area contributed by atoms with Crippen molar-refractivity contribution in [1.29, 1.82) is 0 Å². The molecule has 1 fully saturated rings. The lowest BCUT2D eigenvalue weighted by molar-refractivity contribution is 0.0739. The predicted molar refractivity (Wildman–Crippen MR) is 110 cm³/mol. The van der Waals surface area contributed by atoms with Crippen molar-refractivity contribution in [3.05, 3.63) is 34.6 Å². The Kier molecular flexibility index (Phi) is 6.67. The molecule has 8 heteroatoms. The van der Waals surface area contributed by atoms with E-state index in [1.807, 2.05) is 45.2 Å². The predicted octanol–water partition coefficient (Wildman–Crippen LogP) is 1.70. The van der Waals surface area contributed by atoms with Crippen molar-refractivity contribution in [1.82, 2.24) is 15.1 Å². The zero-order valence-corrected chi connectivity index (χ0v) is 17.5. The summed E-state index contributed by atoms with van der Waals surface area (Å²) in [6.45, 7) is 3.60. The molecule has 0 bridgehead atoms. The van der Waals surface area contributed by atoms with Crippen LogP contribution >= 0.6 is 11.3 Å². The molecule has 1 saturated carbocycles. The lowest BCUT2D eigenvalue weighted by Gasteiger charge is -2.27. The summed E-state index contributed by atoms with van der Waals surface area (Å²) in [6.07, 6.45) is 2.43. The Balaban J connectivity index is 1.74. The highest BCUT2D eigenvalue weighted by atomic mass is 32.1. The number of aromatic nitrogens is 2. The van der Waals surface area contributed by atoms with Gasteiger partial charge >= 0.3 is 0 Å². The first-order valence-corrected chi connectivity index (χ1v) is 10.5. The van der Waals surface area contributed by atoms with Crippen molar-refractivity contribution in [2.45, 2.75) is 63.4 Å². The van der Waals surface area contributed by atoms with Crippen LogP contribution in [0.2, 0.25) is 0 Å². The lowest BCUT2D eigenvalue weighted by Crippen LogP contribution is -2.44. The van der Waals surface area contributed by atoms with Gasteiger partial charge in [-0.15, -0.1) is 0 Å². The third-order valence-corrected chi connectivity index (χ3v) is 6.12. The largest absolute Gasteiger partial charge is 0.394 e. The minimum Gasteiger partial charge on any atom is -0.394 e. The van der Waals surface area contributed by atoms with Crippen LogP contribution in [0.25, 0.3) is 10.6 Å². The first-order valence-electron chi connectivity index (χ1n) is 9.70. The lowest BCUT2D eigenvalue weighted by atomic mass is 9.94. The number of aliphatic hydroxyl groups excluding tert-OH is 3. The van der Waals surface area contributed by atoms with E-state index in [4.69, 9.17) is 4.99 Å². The monoisotopic (exact) mass is 406 g/mol. The fraction of sp³-hybridized carbons (Fsp3) is 0.600. The van der Waals surface area contributed by atoms with Crippen LogP contribution in [-0.2, 0) is 7.05 Å². The maximum Gasteiger partial charge on any atom is 0.203 e. The molecule has 2 aromatic rings. The second-order valence-electron chi connectivity index (χ2n) is 8.12. The molecule has 1 aromatic heterocycles. The van der Waals surface area contributed by atoms with E-state index in [0.717, 1.165) is 46.6 Å². The van der Waals surface area contributed by atoms with Crippen molar-refractivity contribution in [3.8, 4) is 10.6 Å². The Bertz CT molecular complexity index is 836. The molecule has 1 atom stereocenters. The maximum absolute atomic E-state index is 10.3. The first-order chi connectivity index (χ1) is 13.3. The molecule has 1 aliphatic rings. The van der Waals surface area contributed by atoms with Crippen LogP contribution in [0.5, 0.6) is 0 Å². The molecule has 1 aromatic carbocycles. The molecule has 3 rings (SSSR count). The smallest absolute Gasteiger partial charge is 0.203 e. The van der Waals surface area contributed by atoms with Crippen LogP contribution in [0.1, 0.15) is 51.3 Å². The van der Waals surface area contributed by atoms with Gasteiger partial charge < -0.3 is 15.3 Å². The quantitative estimate of drug-likeness (QED) is 0.547. The van der Waals surface area contributed by atoms with Crippen molar-refractivity contribution < 1.29 is 15.3 Å². The van der Waals surface area contributed by atoms with E-state index in [1.165, 1.54) is 0 Å². The number of hydrogen-bond donors (Lipinski definition) is 4. The van der Waals surface area contributed by atoms with Crippen LogP contribution < -0.4 is 10.1 Å². The van der Waals surface area contributed by atoms with Crippen molar-refractivity contribution in [3.63, 3.8) is 0 Å². The average molecular weight is 407 g/mol. The fourth-order valence-electron chi connectivity index (χ4n) is 3.23. The third kappa shape index (κ3) is 5.27. The summed E-state index contributed by atoms with van der Waals surface area (Å²) >= 11 is 1.55. The van der Waals surface area contributed by atoms with Crippen molar-refractivity contribution >= 4 is 11.3 Å². The van der Waals surface area contributed by atoms with Crippen LogP contribution in [0, 0.1) is 0 Å². The molecule has 7 nitrogen and oxygen atoms in total. The summed E-state index contributed by atoms with van der Waals surface area (Å²) in [5.41, 5.74) is 1.14. The second-order valence-corrected chi connectivity index (χ2v) is 9.07. The number of aryl methyl sites for hydroxylation is 1. The molecule has 0 amide bonds. The molecule has 1 aliphatic carbocycles. The third-order valence-electron chi connectivity index (χ3n) is 5.06. The SMILES string of the molecule is Cn1nc(-c2ccc(C(O)NC(C)(C)CO)cc2)sc1=NC1CCC(O)CC1. The Labute approximate surface area is 169 Å². The number of rotatable bonds is 6. The summed E-state index contributed by atoms with van der Waals surface area (Å²) < 4.78 is 1.80. The van der Waals surface area contributed by atoms with Gasteiger partial charge in [0.25, 0.3) is 0 Å². The van der Waals surface area contributed by atoms with Gasteiger partial charge in [-0.2, -0.15) is 5.10 Å². The zero-order chi connectivity index (χ0) is 20.3. The van der Waals surface area contributed by atoms with E-state index in [1.54, 1.807) is 16.0 Å². The molecular formula is C20H30N4O3S. The minimum absolute atomic E-state index is 0.0655. The van der Waals surface area contributed by atoms with Gasteiger partial charge in [0, 0.05) is 18.2 Å². The molecule has 1 unspecified atom stereocenters. The molecule has 0 aliphatic heterocycles. The van der Waals surface area contributed by atoms with Gasteiger partial charge in [0.05, 0.1) is 18.8 Å². The van der Waals surface area contributed by atoms with E-state index in [9.17, 15) is 15.3 Å². The van der Waals surface area contributed by atoms with Gasteiger partial charge in [-0.3, -0.25) is 10.3 Å². The van der Waals surface area contributed by atoms with E-state index in [0.29, 0.717) is 0 Å². The van der Waals surface area contributed by atoms with Gasteiger partial charge in [-0.25, -0.2) is 4.68 Å². The number of nitrogens with zero attached hydrogens (tertiary/aromatic N) is 3. The van der Waals surface area contributed by atoms with E-state index in [2.05, 4.69) is 10.4 Å². The summed E-state index contributed by atoms with van der Waals surface area (Å²) in [5.74, 6) is 0. The highest BCUT2D eigenvalue weighted by Crippen LogP contribution is 2.24. The number of nitrogens with one attached hydrogen (secondary N) is 1. The topological polar surface area (TPSA) is 103 Å². The van der Waals surface area contributed by atoms with Gasteiger partial charge in [0.15, 0.2) is 0 Å². The van der Waals surface area contributed by atoms with Crippen LogP contribution in [0.4, 0.5) is 0 Å². The normalized spacial score (nSPS) is 22.4. The van der Waals surface area contributed by atoms with E-state index >= 15 is 0 Å². The Morgan fingerprint density at radius 1 is 1.25 bits per heavy atom. The molecule has 0 spiro atoms. The van der Waals surface area contributed by atoms with Gasteiger partial charge in [0.1, 0.15) is 11.2 Å². The number of benzene rings is 1. The molecular weight excluding hydrogens is 376 g/mol. The Hall–Kier alpha value is -1.58. The van der Waals surface area contributed by atoms with Gasteiger partial charge in [-0.05, 0) is 45.1 Å². The molecule has 4 N–H and O–H groups in total. The highest BCUT2D eigenvalue weighted by Gasteiger charge is 2.21. The Morgan fingerprint density at radius 3 is 2.50 bits per heavy atom. The molecule has 0 saturated heterocycles. The van der Waals surface area contributed by atoms with Gasteiger partial charge in [0.2, 0.25) is 4.80 Å². The standard InChI is InChI=1S/C20H30N4O3S/c1-20(2,12-25)22-17(27)13-4-6-14(7-5-13)18-23-24(3)19(28-18)21-15-8-10-16(26)11-9-15/h4-7,15-17,22,25-27H,8-12H2,1-3H3. The van der Waals surface area contributed by atoms with E-state index in [-0.39, 0.29) is 18.8 Å². The minimum atomic E-state index is -0.851. The molecule has 154 valence electrons.